The van der Waals surface area contributed by atoms with E-state index in [0.717, 1.165) is 12.0 Å². The number of ketones is 1. The number of hydrogen-bond acceptors (Lipinski definition) is 6. The zero-order valence-corrected chi connectivity index (χ0v) is 16.3. The van der Waals surface area contributed by atoms with Gasteiger partial charge in [-0.1, -0.05) is 31.2 Å². The molecule has 0 amide bonds. The Kier molecular flexibility index (Phi) is 6.28. The highest BCUT2D eigenvalue weighted by atomic mass is 32.2. The van der Waals surface area contributed by atoms with Crippen molar-refractivity contribution in [3.63, 3.8) is 0 Å². The number of Topliss-reactive ketones (excluding diaryl/α,β-unsaturated/α-hetero) is 1. The van der Waals surface area contributed by atoms with Gasteiger partial charge in [0.2, 0.25) is 10.0 Å². The first kappa shape index (κ1) is 20.2. The number of nitrogens with one attached hydrogen (secondary N) is 1. The third-order valence-electron chi connectivity index (χ3n) is 4.50. The second kappa shape index (κ2) is 8.68. The number of carbonyl (C=O) groups excluding carboxylic acids is 2. The number of morpholine rings is 1. The zero-order chi connectivity index (χ0) is 20.1. The molecule has 0 bridgehead atoms. The van der Waals surface area contributed by atoms with E-state index in [1.165, 1.54) is 16.6 Å². The Labute approximate surface area is 163 Å². The minimum atomic E-state index is -3.71. The van der Waals surface area contributed by atoms with Gasteiger partial charge >= 0.3 is 5.97 Å². The van der Waals surface area contributed by atoms with Gasteiger partial charge in [0, 0.05) is 24.8 Å². The van der Waals surface area contributed by atoms with E-state index in [1.54, 1.807) is 12.1 Å². The number of carbonyl (C=O) groups is 2. The second-order valence-electron chi connectivity index (χ2n) is 6.32. The molecule has 28 heavy (non-hydrogen) atoms. The van der Waals surface area contributed by atoms with E-state index < -0.39 is 22.6 Å². The van der Waals surface area contributed by atoms with Crippen molar-refractivity contribution in [3.8, 4) is 0 Å². The number of aromatic nitrogens is 1. The minimum Gasteiger partial charge on any atom is -0.453 e. The lowest BCUT2D eigenvalue weighted by Gasteiger charge is -2.25. The molecule has 2 aromatic rings. The van der Waals surface area contributed by atoms with E-state index in [9.17, 15) is 18.0 Å². The Hall–Kier alpha value is -2.49. The number of rotatable bonds is 7. The van der Waals surface area contributed by atoms with E-state index in [4.69, 9.17) is 9.47 Å². The maximum atomic E-state index is 12.6. The Bertz CT molecular complexity index is 943. The fourth-order valence-electron chi connectivity index (χ4n) is 2.80. The SMILES string of the molecule is CCc1ccc(C(=O)COC(=O)c2cc(S(=O)(=O)N3CCOCC3)c[nH]2)cc1. The molecule has 1 aliphatic heterocycles. The number of ether oxygens (including phenoxy) is 2. The van der Waals surface area contributed by atoms with Crippen LogP contribution in [-0.2, 0) is 25.9 Å². The van der Waals surface area contributed by atoms with Gasteiger partial charge in [0.1, 0.15) is 10.6 Å². The molecule has 2 heterocycles. The summed E-state index contributed by atoms with van der Waals surface area (Å²) < 4.78 is 36.6. The third kappa shape index (κ3) is 4.49. The lowest BCUT2D eigenvalue weighted by molar-refractivity contribution is 0.0469. The molecule has 0 radical (unpaired) electrons. The van der Waals surface area contributed by atoms with Crippen molar-refractivity contribution in [2.45, 2.75) is 18.2 Å². The first-order valence-corrected chi connectivity index (χ1v) is 10.4. The predicted molar refractivity (Wildman–Crippen MR) is 101 cm³/mol. The maximum Gasteiger partial charge on any atom is 0.355 e. The molecule has 9 heteroatoms. The Morgan fingerprint density at radius 3 is 2.50 bits per heavy atom. The van der Waals surface area contributed by atoms with Gasteiger partial charge < -0.3 is 14.5 Å². The van der Waals surface area contributed by atoms with Crippen LogP contribution in [0.3, 0.4) is 0 Å². The van der Waals surface area contributed by atoms with Crippen molar-refractivity contribution in [3.05, 3.63) is 53.3 Å². The topological polar surface area (TPSA) is 106 Å². The highest BCUT2D eigenvalue weighted by Crippen LogP contribution is 2.18. The lowest BCUT2D eigenvalue weighted by atomic mass is 10.1. The van der Waals surface area contributed by atoms with Crippen LogP contribution in [0, 0.1) is 0 Å². The highest BCUT2D eigenvalue weighted by Gasteiger charge is 2.28. The van der Waals surface area contributed by atoms with Crippen molar-refractivity contribution >= 4 is 21.8 Å². The van der Waals surface area contributed by atoms with E-state index in [1.807, 2.05) is 19.1 Å². The number of aryl methyl sites for hydroxylation is 1. The van der Waals surface area contributed by atoms with Gasteiger partial charge in [-0.15, -0.1) is 0 Å². The molecule has 0 unspecified atom stereocenters. The molecule has 0 aliphatic carbocycles. The molecular weight excluding hydrogens is 384 g/mol. The molecule has 1 aliphatic rings. The Morgan fingerprint density at radius 2 is 1.86 bits per heavy atom. The smallest absolute Gasteiger partial charge is 0.355 e. The molecule has 0 spiro atoms. The average Bonchev–Trinajstić information content (AvgIpc) is 3.24. The van der Waals surface area contributed by atoms with Crippen molar-refractivity contribution in [1.82, 2.24) is 9.29 Å². The summed E-state index contributed by atoms with van der Waals surface area (Å²) in [4.78, 5) is 26.9. The predicted octanol–water partition coefficient (Wildman–Crippen LogP) is 1.64. The first-order chi connectivity index (χ1) is 13.4. The van der Waals surface area contributed by atoms with Gasteiger partial charge in [0.15, 0.2) is 12.4 Å². The number of hydrogen-bond donors (Lipinski definition) is 1. The second-order valence-corrected chi connectivity index (χ2v) is 8.25. The van der Waals surface area contributed by atoms with Crippen LogP contribution < -0.4 is 0 Å². The molecule has 3 rings (SSSR count). The summed E-state index contributed by atoms with van der Waals surface area (Å²) in [7, 11) is -3.71. The fourth-order valence-corrected chi connectivity index (χ4v) is 4.20. The van der Waals surface area contributed by atoms with Crippen LogP contribution in [-0.4, -0.2) is 62.4 Å². The summed E-state index contributed by atoms with van der Waals surface area (Å²) in [5, 5.41) is 0. The summed E-state index contributed by atoms with van der Waals surface area (Å²) >= 11 is 0. The molecule has 1 fully saturated rings. The molecule has 150 valence electrons. The zero-order valence-electron chi connectivity index (χ0n) is 15.5. The van der Waals surface area contributed by atoms with E-state index in [0.29, 0.717) is 18.8 Å². The van der Waals surface area contributed by atoms with Crippen molar-refractivity contribution in [2.24, 2.45) is 0 Å². The molecule has 1 saturated heterocycles. The van der Waals surface area contributed by atoms with E-state index in [-0.39, 0.29) is 29.5 Å². The van der Waals surface area contributed by atoms with Gasteiger partial charge in [-0.05, 0) is 18.1 Å². The molecular formula is C19H22N2O6S. The molecule has 1 aromatic carbocycles. The van der Waals surface area contributed by atoms with Crippen LogP contribution in [0.25, 0.3) is 0 Å². The fraction of sp³-hybridized carbons (Fsp3) is 0.368. The van der Waals surface area contributed by atoms with Gasteiger partial charge in [-0.25, -0.2) is 13.2 Å². The number of H-pyrrole nitrogens is 1. The standard InChI is InChI=1S/C19H22N2O6S/c1-2-14-3-5-15(6-4-14)18(22)13-27-19(23)17-11-16(12-20-17)28(24,25)21-7-9-26-10-8-21/h3-6,11-12,20H,2,7-10,13H2,1H3. The largest absolute Gasteiger partial charge is 0.453 e. The summed E-state index contributed by atoms with van der Waals surface area (Å²) in [6.45, 7) is 2.79. The van der Waals surface area contributed by atoms with Gasteiger partial charge in [0.05, 0.1) is 13.2 Å². The normalized spacial score (nSPS) is 15.3. The van der Waals surface area contributed by atoms with Crippen molar-refractivity contribution in [2.75, 3.05) is 32.9 Å². The summed E-state index contributed by atoms with van der Waals surface area (Å²) in [5.74, 6) is -1.12. The minimum absolute atomic E-state index is 0.0252. The van der Waals surface area contributed by atoms with E-state index in [2.05, 4.69) is 4.98 Å². The summed E-state index contributed by atoms with van der Waals surface area (Å²) in [5.41, 5.74) is 1.53. The third-order valence-corrected chi connectivity index (χ3v) is 6.38. The van der Waals surface area contributed by atoms with Gasteiger partial charge in [-0.2, -0.15) is 4.31 Å². The van der Waals surface area contributed by atoms with Gasteiger partial charge in [-0.3, -0.25) is 4.79 Å². The first-order valence-electron chi connectivity index (χ1n) is 8.97. The van der Waals surface area contributed by atoms with Crippen LogP contribution in [0.5, 0.6) is 0 Å². The van der Waals surface area contributed by atoms with Gasteiger partial charge in [0.25, 0.3) is 0 Å². The average molecular weight is 406 g/mol. The van der Waals surface area contributed by atoms with Crippen molar-refractivity contribution in [1.29, 1.82) is 0 Å². The molecule has 1 N–H and O–H groups in total. The molecule has 0 saturated carbocycles. The molecule has 1 aromatic heterocycles. The molecule has 0 atom stereocenters. The van der Waals surface area contributed by atoms with Crippen LogP contribution in [0.2, 0.25) is 0 Å². The monoisotopic (exact) mass is 406 g/mol. The quantitative estimate of drug-likeness (QED) is 0.553. The van der Waals surface area contributed by atoms with E-state index >= 15 is 0 Å². The summed E-state index contributed by atoms with van der Waals surface area (Å²) in [6.07, 6.45) is 2.11. The number of esters is 1. The summed E-state index contributed by atoms with van der Waals surface area (Å²) in [6, 6.07) is 8.30. The number of benzene rings is 1. The Balaban J connectivity index is 1.61. The van der Waals surface area contributed by atoms with Crippen LogP contribution in [0.15, 0.2) is 41.4 Å². The Morgan fingerprint density at radius 1 is 1.18 bits per heavy atom. The maximum absolute atomic E-state index is 12.6. The van der Waals surface area contributed by atoms with Crippen LogP contribution in [0.4, 0.5) is 0 Å². The molecule has 8 nitrogen and oxygen atoms in total. The number of aromatic amines is 1. The highest BCUT2D eigenvalue weighted by molar-refractivity contribution is 7.89. The number of nitrogens with zero attached hydrogens (tertiary/aromatic N) is 1. The van der Waals surface area contributed by atoms with Crippen LogP contribution in [0.1, 0.15) is 33.3 Å². The van der Waals surface area contributed by atoms with Crippen molar-refractivity contribution < 1.29 is 27.5 Å². The number of sulfonamides is 1. The van der Waals surface area contributed by atoms with Crippen LogP contribution >= 0.6 is 0 Å². The lowest BCUT2D eigenvalue weighted by Crippen LogP contribution is -2.40.